The maximum Gasteiger partial charge on any atom is 0.303 e. The fourth-order valence-electron chi connectivity index (χ4n) is 4.25. The van der Waals surface area contributed by atoms with Crippen LogP contribution >= 0.6 is 22.9 Å². The van der Waals surface area contributed by atoms with Crippen molar-refractivity contribution in [2.75, 3.05) is 11.9 Å². The molecule has 4 aromatic rings. The third kappa shape index (κ3) is 5.20. The molecule has 3 N–H and O–H groups in total. The van der Waals surface area contributed by atoms with Crippen molar-refractivity contribution in [3.05, 3.63) is 69.1 Å². The highest BCUT2D eigenvalue weighted by atomic mass is 35.5. The molecule has 9 nitrogen and oxygen atoms in total. The Balaban J connectivity index is 1.26. The summed E-state index contributed by atoms with van der Waals surface area (Å²) in [5, 5.41) is 23.6. The highest BCUT2D eigenvalue weighted by Gasteiger charge is 2.38. The van der Waals surface area contributed by atoms with Crippen LogP contribution in [0.4, 0.5) is 11.7 Å². The molecule has 0 spiro atoms. The van der Waals surface area contributed by atoms with Gasteiger partial charge < -0.3 is 24.8 Å². The topological polar surface area (TPSA) is 129 Å². The van der Waals surface area contributed by atoms with E-state index in [1.807, 2.05) is 30.3 Å². The van der Waals surface area contributed by atoms with E-state index in [0.717, 1.165) is 16.0 Å². The van der Waals surface area contributed by atoms with Gasteiger partial charge >= 0.3 is 5.97 Å². The zero-order valence-electron chi connectivity index (χ0n) is 19.1. The molecular weight excluding hydrogens is 504 g/mol. The number of para-hydroxylation sites is 2. The van der Waals surface area contributed by atoms with Crippen molar-refractivity contribution in [3.63, 3.8) is 0 Å². The van der Waals surface area contributed by atoms with Gasteiger partial charge in [0.25, 0.3) is 6.01 Å². The van der Waals surface area contributed by atoms with Gasteiger partial charge in [0.05, 0.1) is 29.7 Å². The molecule has 0 unspecified atom stereocenters. The van der Waals surface area contributed by atoms with Crippen molar-refractivity contribution in [2.45, 2.75) is 37.8 Å². The Morgan fingerprint density at radius 3 is 2.86 bits per heavy atom. The summed E-state index contributed by atoms with van der Waals surface area (Å²) in [6.07, 6.45) is 1.84. The molecule has 2 aromatic heterocycles. The van der Waals surface area contributed by atoms with Crippen LogP contribution in [0.2, 0.25) is 5.02 Å². The Bertz CT molecular complexity index is 1390. The van der Waals surface area contributed by atoms with Crippen LogP contribution in [0.25, 0.3) is 11.1 Å². The van der Waals surface area contributed by atoms with E-state index in [2.05, 4.69) is 15.3 Å². The zero-order valence-corrected chi connectivity index (χ0v) is 20.6. The maximum atomic E-state index is 13.2. The zero-order chi connectivity index (χ0) is 25.2. The van der Waals surface area contributed by atoms with Crippen molar-refractivity contribution in [1.29, 1.82) is 0 Å². The van der Waals surface area contributed by atoms with Crippen molar-refractivity contribution >= 4 is 57.6 Å². The number of carbonyl (C=O) groups is 2. The number of aromatic nitrogens is 2. The van der Waals surface area contributed by atoms with Crippen LogP contribution in [-0.4, -0.2) is 49.6 Å². The lowest BCUT2D eigenvalue weighted by Crippen LogP contribution is -2.34. The number of thiazole rings is 1. The highest BCUT2D eigenvalue weighted by molar-refractivity contribution is 7.11. The minimum atomic E-state index is -0.878. The molecule has 2 atom stereocenters. The van der Waals surface area contributed by atoms with Gasteiger partial charge in [-0.1, -0.05) is 29.8 Å². The van der Waals surface area contributed by atoms with Gasteiger partial charge in [-0.05, 0) is 42.7 Å². The standard InChI is InChI=1S/C25H23ClN4O5S/c26-16-11-14(5-7-17(16)28-25-29-18-3-1-2-4-20(18)35-25)12-21(32)30-10-9-19(31)23(30)24-27-13-15(36-24)6-8-22(33)34/h1-5,7,11,13,19,23,31H,6,8-10,12H2,(H,28,29)(H,33,34)/t19-,23-/m0/s1. The minimum absolute atomic E-state index is 0.00944. The molecule has 0 saturated carbocycles. The molecule has 0 aliphatic carbocycles. The maximum absolute atomic E-state index is 13.2. The van der Waals surface area contributed by atoms with Gasteiger partial charge in [0.1, 0.15) is 16.6 Å². The molecule has 1 aliphatic heterocycles. The van der Waals surface area contributed by atoms with Gasteiger partial charge in [0.15, 0.2) is 5.58 Å². The molecule has 2 aromatic carbocycles. The normalized spacial score (nSPS) is 17.6. The third-order valence-corrected chi connectivity index (χ3v) is 7.46. The number of fused-ring (bicyclic) bond motifs is 1. The summed E-state index contributed by atoms with van der Waals surface area (Å²) >= 11 is 7.81. The summed E-state index contributed by atoms with van der Waals surface area (Å²) in [6.45, 7) is 0.416. The largest absolute Gasteiger partial charge is 0.481 e. The smallest absolute Gasteiger partial charge is 0.303 e. The van der Waals surface area contributed by atoms with Crippen LogP contribution in [0.1, 0.15) is 34.3 Å². The van der Waals surface area contributed by atoms with Crippen LogP contribution in [0.3, 0.4) is 0 Å². The Kier molecular flexibility index (Phi) is 6.90. The Morgan fingerprint density at radius 1 is 1.25 bits per heavy atom. The third-order valence-electron chi connectivity index (χ3n) is 6.02. The fourth-order valence-corrected chi connectivity index (χ4v) is 5.58. The molecule has 1 aliphatic rings. The Labute approximate surface area is 215 Å². The molecule has 0 radical (unpaired) electrons. The molecule has 0 bridgehead atoms. The van der Waals surface area contributed by atoms with Crippen molar-refractivity contribution < 1.29 is 24.2 Å². The number of oxazole rings is 1. The van der Waals surface area contributed by atoms with Crippen molar-refractivity contribution in [3.8, 4) is 0 Å². The number of aliphatic carboxylic acids is 1. The lowest BCUT2D eigenvalue weighted by molar-refractivity contribution is -0.137. The lowest BCUT2D eigenvalue weighted by Gasteiger charge is -2.25. The summed E-state index contributed by atoms with van der Waals surface area (Å²) in [5.74, 6) is -1.02. The number of nitrogens with one attached hydrogen (secondary N) is 1. The Morgan fingerprint density at radius 2 is 2.08 bits per heavy atom. The molecule has 186 valence electrons. The number of likely N-dealkylation sites (tertiary alicyclic amines) is 1. The number of hydrogen-bond donors (Lipinski definition) is 3. The average Bonchev–Trinajstić information content (AvgIpc) is 3.57. The van der Waals surface area contributed by atoms with Crippen LogP contribution in [-0.2, 0) is 22.4 Å². The van der Waals surface area contributed by atoms with Crippen LogP contribution in [0.15, 0.2) is 53.1 Å². The van der Waals surface area contributed by atoms with E-state index in [4.69, 9.17) is 21.1 Å². The Hall–Kier alpha value is -3.47. The summed E-state index contributed by atoms with van der Waals surface area (Å²) in [5.41, 5.74) is 2.73. The molecule has 3 heterocycles. The predicted octanol–water partition coefficient (Wildman–Crippen LogP) is 4.58. The van der Waals surface area contributed by atoms with E-state index < -0.39 is 18.1 Å². The summed E-state index contributed by atoms with van der Waals surface area (Å²) in [6, 6.07) is 12.5. The van der Waals surface area contributed by atoms with Gasteiger partial charge in [-0.25, -0.2) is 4.98 Å². The first kappa shape index (κ1) is 24.2. The second-order valence-corrected chi connectivity index (χ2v) is 10.1. The number of aliphatic hydroxyl groups is 1. The summed E-state index contributed by atoms with van der Waals surface area (Å²) in [4.78, 5) is 35.2. The number of rotatable bonds is 8. The molecule has 11 heteroatoms. The van der Waals surface area contributed by atoms with E-state index in [1.165, 1.54) is 11.3 Å². The molecule has 1 saturated heterocycles. The SMILES string of the molecule is O=C(O)CCc1cnc([C@@H]2[C@@H](O)CCN2C(=O)Cc2ccc(Nc3nc4ccccc4o3)c(Cl)c2)s1. The number of benzene rings is 2. The molecule has 5 rings (SSSR count). The van der Waals surface area contributed by atoms with E-state index in [9.17, 15) is 14.7 Å². The van der Waals surface area contributed by atoms with E-state index >= 15 is 0 Å². The number of anilines is 2. The molecular formula is C25H23ClN4O5S. The number of carboxylic acid groups (broad SMARTS) is 1. The monoisotopic (exact) mass is 526 g/mol. The van der Waals surface area contributed by atoms with Gasteiger partial charge in [-0.3, -0.25) is 9.59 Å². The number of halogens is 1. The van der Waals surface area contributed by atoms with Crippen molar-refractivity contribution in [1.82, 2.24) is 14.9 Å². The van der Waals surface area contributed by atoms with Crippen LogP contribution < -0.4 is 5.32 Å². The quantitative estimate of drug-likeness (QED) is 0.304. The number of aliphatic hydroxyl groups excluding tert-OH is 1. The molecule has 1 fully saturated rings. The molecule has 1 amide bonds. The summed E-state index contributed by atoms with van der Waals surface area (Å²) in [7, 11) is 0. The number of carboxylic acids is 1. The van der Waals surface area contributed by atoms with Crippen LogP contribution in [0, 0.1) is 0 Å². The first-order valence-corrected chi connectivity index (χ1v) is 12.6. The number of amides is 1. The first-order valence-electron chi connectivity index (χ1n) is 11.4. The van der Waals surface area contributed by atoms with Crippen molar-refractivity contribution in [2.24, 2.45) is 0 Å². The minimum Gasteiger partial charge on any atom is -0.481 e. The van der Waals surface area contributed by atoms with Gasteiger partial charge in [-0.15, -0.1) is 11.3 Å². The highest BCUT2D eigenvalue weighted by Crippen LogP contribution is 2.36. The van der Waals surface area contributed by atoms with Gasteiger partial charge in [0, 0.05) is 17.6 Å². The summed E-state index contributed by atoms with van der Waals surface area (Å²) < 4.78 is 5.68. The fraction of sp³-hybridized carbons (Fsp3) is 0.280. The molecule has 36 heavy (non-hydrogen) atoms. The second-order valence-electron chi connectivity index (χ2n) is 8.55. The van der Waals surface area contributed by atoms with Crippen LogP contribution in [0.5, 0.6) is 0 Å². The first-order chi connectivity index (χ1) is 17.4. The lowest BCUT2D eigenvalue weighted by atomic mass is 10.1. The predicted molar refractivity (Wildman–Crippen MR) is 136 cm³/mol. The van der Waals surface area contributed by atoms with E-state index in [0.29, 0.717) is 46.7 Å². The van der Waals surface area contributed by atoms with Gasteiger partial charge in [0.2, 0.25) is 5.91 Å². The second kappa shape index (κ2) is 10.3. The number of carbonyl (C=O) groups excluding carboxylic acids is 1. The number of aryl methyl sites for hydroxylation is 1. The average molecular weight is 527 g/mol. The van der Waals surface area contributed by atoms with E-state index in [1.54, 1.807) is 23.2 Å². The number of hydrogen-bond acceptors (Lipinski definition) is 8. The number of nitrogens with zero attached hydrogens (tertiary/aromatic N) is 3. The van der Waals surface area contributed by atoms with Gasteiger partial charge in [-0.2, -0.15) is 4.98 Å². The van der Waals surface area contributed by atoms with E-state index in [-0.39, 0.29) is 18.7 Å².